The van der Waals surface area contributed by atoms with E-state index in [0.29, 0.717) is 0 Å². The van der Waals surface area contributed by atoms with Crippen molar-refractivity contribution in [2.75, 3.05) is 0 Å². The van der Waals surface area contributed by atoms with E-state index in [2.05, 4.69) is 4.98 Å². The van der Waals surface area contributed by atoms with Crippen LogP contribution in [0.15, 0.2) is 12.1 Å². The van der Waals surface area contributed by atoms with Crippen LogP contribution in [-0.2, 0) is 6.18 Å². The molecule has 0 aromatic carbocycles. The van der Waals surface area contributed by atoms with Crippen molar-refractivity contribution in [3.05, 3.63) is 29.1 Å². The summed E-state index contributed by atoms with van der Waals surface area (Å²) in [6.07, 6.45) is -4.50. The Hall–Kier alpha value is -1.59. The van der Waals surface area contributed by atoms with Crippen molar-refractivity contribution < 1.29 is 18.0 Å². The first-order chi connectivity index (χ1) is 6.32. The Balaban J connectivity index is 3.20. The van der Waals surface area contributed by atoms with Gasteiger partial charge in [0.2, 0.25) is 0 Å². The molecule has 3 nitrogen and oxygen atoms in total. The fraction of sp³-hybridized carbons (Fsp3) is 0.250. The molecule has 0 atom stereocenters. The predicted molar refractivity (Wildman–Crippen MR) is 42.5 cm³/mol. The van der Waals surface area contributed by atoms with Gasteiger partial charge in [0, 0.05) is 0 Å². The number of alkyl halides is 3. The fourth-order valence-corrected chi connectivity index (χ4v) is 0.979. The zero-order valence-electron chi connectivity index (χ0n) is 7.22. The van der Waals surface area contributed by atoms with E-state index < -0.39 is 17.8 Å². The third kappa shape index (κ3) is 2.01. The largest absolute Gasteiger partial charge is 0.433 e. The Labute approximate surface area is 77.7 Å². The number of halogens is 3. The maximum absolute atomic E-state index is 12.1. The summed E-state index contributed by atoms with van der Waals surface area (Å²) >= 11 is 0. The highest BCUT2D eigenvalue weighted by Gasteiger charge is 2.32. The number of hydrogen-bond donors (Lipinski definition) is 1. The van der Waals surface area contributed by atoms with E-state index in [4.69, 9.17) is 5.73 Å². The van der Waals surface area contributed by atoms with Gasteiger partial charge >= 0.3 is 6.18 Å². The quantitative estimate of drug-likeness (QED) is 0.753. The minimum absolute atomic E-state index is 0.00185. The molecular formula is C8H7F3N2O. The average Bonchev–Trinajstić information content (AvgIpc) is 2.01. The molecule has 0 saturated heterocycles. The zero-order valence-corrected chi connectivity index (χ0v) is 7.22. The Kier molecular flexibility index (Phi) is 2.46. The van der Waals surface area contributed by atoms with Crippen molar-refractivity contribution in [3.63, 3.8) is 0 Å². The lowest BCUT2D eigenvalue weighted by molar-refractivity contribution is -0.141. The second-order valence-corrected chi connectivity index (χ2v) is 2.69. The molecule has 1 heterocycles. The first-order valence-electron chi connectivity index (χ1n) is 3.67. The van der Waals surface area contributed by atoms with Crippen LogP contribution in [0.25, 0.3) is 0 Å². The Morgan fingerprint density at radius 1 is 1.43 bits per heavy atom. The van der Waals surface area contributed by atoms with Crippen LogP contribution in [0.5, 0.6) is 0 Å². The summed E-state index contributed by atoms with van der Waals surface area (Å²) in [5, 5.41) is 0. The molecule has 0 aliphatic carbocycles. The van der Waals surface area contributed by atoms with Crippen LogP contribution < -0.4 is 5.73 Å². The minimum atomic E-state index is -4.50. The zero-order chi connectivity index (χ0) is 10.9. The van der Waals surface area contributed by atoms with Crippen molar-refractivity contribution in [1.29, 1.82) is 0 Å². The highest BCUT2D eigenvalue weighted by atomic mass is 19.4. The second-order valence-electron chi connectivity index (χ2n) is 2.69. The Morgan fingerprint density at radius 2 is 2.00 bits per heavy atom. The summed E-state index contributed by atoms with van der Waals surface area (Å²) in [5.41, 5.74) is 3.86. The minimum Gasteiger partial charge on any atom is -0.366 e. The number of amides is 1. The van der Waals surface area contributed by atoms with Crippen LogP contribution in [0, 0.1) is 6.92 Å². The molecule has 0 aliphatic rings. The number of carbonyl (C=O) groups is 1. The van der Waals surface area contributed by atoms with Gasteiger partial charge in [0.25, 0.3) is 5.91 Å². The van der Waals surface area contributed by atoms with Crippen molar-refractivity contribution in [2.45, 2.75) is 13.1 Å². The maximum atomic E-state index is 12.1. The van der Waals surface area contributed by atoms with Crippen molar-refractivity contribution in [2.24, 2.45) is 5.73 Å². The van der Waals surface area contributed by atoms with E-state index in [1.54, 1.807) is 0 Å². The van der Waals surface area contributed by atoms with Crippen LogP contribution >= 0.6 is 0 Å². The van der Waals surface area contributed by atoms with Crippen LogP contribution in [-0.4, -0.2) is 10.9 Å². The third-order valence-corrected chi connectivity index (χ3v) is 1.64. The van der Waals surface area contributed by atoms with Gasteiger partial charge in [-0.15, -0.1) is 0 Å². The third-order valence-electron chi connectivity index (χ3n) is 1.64. The lowest BCUT2D eigenvalue weighted by atomic mass is 10.2. The van der Waals surface area contributed by atoms with E-state index in [-0.39, 0.29) is 11.3 Å². The van der Waals surface area contributed by atoms with Crippen LogP contribution in [0.3, 0.4) is 0 Å². The molecule has 6 heteroatoms. The summed E-state index contributed by atoms with van der Waals surface area (Å²) in [4.78, 5) is 13.9. The summed E-state index contributed by atoms with van der Waals surface area (Å²) in [6.45, 7) is 1.30. The topological polar surface area (TPSA) is 56.0 Å². The number of carbonyl (C=O) groups excluding carboxylic acids is 1. The molecule has 0 fully saturated rings. The van der Waals surface area contributed by atoms with Crippen molar-refractivity contribution in [3.8, 4) is 0 Å². The first kappa shape index (κ1) is 10.5. The molecule has 1 rings (SSSR count). The van der Waals surface area contributed by atoms with Gasteiger partial charge in [-0.3, -0.25) is 4.79 Å². The van der Waals surface area contributed by atoms with Gasteiger partial charge in [-0.25, -0.2) is 4.98 Å². The van der Waals surface area contributed by atoms with Crippen LogP contribution in [0.4, 0.5) is 13.2 Å². The summed E-state index contributed by atoms with van der Waals surface area (Å²) < 4.78 is 36.4. The van der Waals surface area contributed by atoms with Crippen molar-refractivity contribution in [1.82, 2.24) is 4.98 Å². The maximum Gasteiger partial charge on any atom is 0.433 e. The van der Waals surface area contributed by atoms with E-state index >= 15 is 0 Å². The molecule has 14 heavy (non-hydrogen) atoms. The normalized spacial score (nSPS) is 11.4. The van der Waals surface area contributed by atoms with Gasteiger partial charge in [-0.05, 0) is 19.1 Å². The summed E-state index contributed by atoms with van der Waals surface area (Å²) in [5.74, 6) is -0.788. The van der Waals surface area contributed by atoms with E-state index in [1.165, 1.54) is 6.92 Å². The molecule has 0 saturated carbocycles. The molecule has 1 aromatic heterocycles. The molecule has 0 radical (unpaired) electrons. The Bertz CT molecular complexity index is 373. The SMILES string of the molecule is Cc1nc(C(F)(F)F)ccc1C(N)=O. The fourth-order valence-electron chi connectivity index (χ4n) is 0.979. The molecule has 1 amide bonds. The predicted octanol–water partition coefficient (Wildman–Crippen LogP) is 1.51. The summed E-state index contributed by atoms with van der Waals surface area (Å²) in [6, 6.07) is 1.75. The molecule has 0 aliphatic heterocycles. The molecule has 0 spiro atoms. The van der Waals surface area contributed by atoms with Gasteiger partial charge < -0.3 is 5.73 Å². The van der Waals surface area contributed by atoms with Crippen molar-refractivity contribution >= 4 is 5.91 Å². The number of nitrogens with zero attached hydrogens (tertiary/aromatic N) is 1. The van der Waals surface area contributed by atoms with Gasteiger partial charge in [-0.1, -0.05) is 0 Å². The average molecular weight is 204 g/mol. The molecule has 1 aromatic rings. The monoisotopic (exact) mass is 204 g/mol. The highest BCUT2D eigenvalue weighted by molar-refractivity contribution is 5.93. The number of aromatic nitrogens is 1. The lowest BCUT2D eigenvalue weighted by Crippen LogP contribution is -2.16. The second kappa shape index (κ2) is 3.28. The number of hydrogen-bond acceptors (Lipinski definition) is 2. The Morgan fingerprint density at radius 3 is 2.36 bits per heavy atom. The highest BCUT2D eigenvalue weighted by Crippen LogP contribution is 2.27. The van der Waals surface area contributed by atoms with Gasteiger partial charge in [0.15, 0.2) is 0 Å². The van der Waals surface area contributed by atoms with Crippen LogP contribution in [0.2, 0.25) is 0 Å². The molecule has 0 bridgehead atoms. The van der Waals surface area contributed by atoms with E-state index in [1.807, 2.05) is 0 Å². The first-order valence-corrected chi connectivity index (χ1v) is 3.67. The summed E-state index contributed by atoms with van der Waals surface area (Å²) in [7, 11) is 0. The molecular weight excluding hydrogens is 197 g/mol. The van der Waals surface area contributed by atoms with E-state index in [9.17, 15) is 18.0 Å². The number of rotatable bonds is 1. The standard InChI is InChI=1S/C8H7F3N2O/c1-4-5(7(12)14)2-3-6(13-4)8(9,10)11/h2-3H,1H3,(H2,12,14). The number of aryl methyl sites for hydroxylation is 1. The van der Waals surface area contributed by atoms with Gasteiger partial charge in [-0.2, -0.15) is 13.2 Å². The molecule has 76 valence electrons. The van der Waals surface area contributed by atoms with Crippen LogP contribution in [0.1, 0.15) is 21.7 Å². The molecule has 0 unspecified atom stereocenters. The lowest BCUT2D eigenvalue weighted by Gasteiger charge is -2.07. The number of nitrogens with two attached hydrogens (primary N) is 1. The smallest absolute Gasteiger partial charge is 0.366 e. The number of primary amides is 1. The number of pyridine rings is 1. The molecule has 2 N–H and O–H groups in total. The van der Waals surface area contributed by atoms with Gasteiger partial charge in [0.05, 0.1) is 11.3 Å². The van der Waals surface area contributed by atoms with Gasteiger partial charge in [0.1, 0.15) is 5.69 Å². The van der Waals surface area contributed by atoms with E-state index in [0.717, 1.165) is 12.1 Å².